The lowest BCUT2D eigenvalue weighted by molar-refractivity contribution is -0.126. The molecule has 1 saturated carbocycles. The molecule has 1 unspecified atom stereocenters. The fourth-order valence-electron chi connectivity index (χ4n) is 3.27. The second kappa shape index (κ2) is 6.73. The van der Waals surface area contributed by atoms with Crippen molar-refractivity contribution in [3.05, 3.63) is 48.0 Å². The summed E-state index contributed by atoms with van der Waals surface area (Å²) in [6.07, 6.45) is 7.96. The number of aromatic nitrogens is 3. The Morgan fingerprint density at radius 3 is 2.79 bits per heavy atom. The van der Waals surface area contributed by atoms with Crippen molar-refractivity contribution >= 4 is 5.91 Å². The van der Waals surface area contributed by atoms with E-state index in [1.165, 1.54) is 24.1 Å². The van der Waals surface area contributed by atoms with Crippen LogP contribution in [0.5, 0.6) is 0 Å². The number of amides is 1. The van der Waals surface area contributed by atoms with Gasteiger partial charge in [-0.3, -0.25) is 19.4 Å². The van der Waals surface area contributed by atoms with E-state index in [1.807, 2.05) is 41.5 Å². The largest absolute Gasteiger partial charge is 0.355 e. The van der Waals surface area contributed by atoms with E-state index in [9.17, 15) is 4.79 Å². The van der Waals surface area contributed by atoms with E-state index in [2.05, 4.69) is 20.3 Å². The molecule has 1 aliphatic heterocycles. The van der Waals surface area contributed by atoms with Gasteiger partial charge in [0.2, 0.25) is 5.91 Å². The lowest BCUT2D eigenvalue weighted by atomic mass is 10.1. The van der Waals surface area contributed by atoms with Crippen LogP contribution >= 0.6 is 0 Å². The van der Waals surface area contributed by atoms with Gasteiger partial charge in [0.1, 0.15) is 0 Å². The molecule has 0 spiro atoms. The van der Waals surface area contributed by atoms with Gasteiger partial charge in [0, 0.05) is 44.8 Å². The SMILES string of the molecule is O=C(NCC1CC1)C1CN(Cc2ccncc2)Cc2ccnn2C1. The maximum Gasteiger partial charge on any atom is 0.226 e. The molecule has 1 fully saturated rings. The fraction of sp³-hybridized carbons (Fsp3) is 0.500. The molecule has 2 aliphatic rings. The van der Waals surface area contributed by atoms with E-state index in [0.717, 1.165) is 26.2 Å². The molecule has 0 saturated heterocycles. The Labute approximate surface area is 141 Å². The number of nitrogens with one attached hydrogen (secondary N) is 1. The molecule has 24 heavy (non-hydrogen) atoms. The number of fused-ring (bicyclic) bond motifs is 1. The maximum absolute atomic E-state index is 12.6. The minimum Gasteiger partial charge on any atom is -0.355 e. The number of rotatable bonds is 5. The minimum atomic E-state index is -0.0632. The van der Waals surface area contributed by atoms with Crippen molar-refractivity contribution in [3.8, 4) is 0 Å². The van der Waals surface area contributed by atoms with Crippen LogP contribution in [0.15, 0.2) is 36.8 Å². The highest BCUT2D eigenvalue weighted by Crippen LogP contribution is 2.27. The molecule has 0 bridgehead atoms. The summed E-state index contributed by atoms with van der Waals surface area (Å²) in [7, 11) is 0. The van der Waals surface area contributed by atoms with E-state index in [-0.39, 0.29) is 11.8 Å². The summed E-state index contributed by atoms with van der Waals surface area (Å²) >= 11 is 0. The third-order valence-electron chi connectivity index (χ3n) is 4.85. The van der Waals surface area contributed by atoms with E-state index >= 15 is 0 Å². The number of hydrogen-bond acceptors (Lipinski definition) is 4. The number of hydrogen-bond donors (Lipinski definition) is 1. The summed E-state index contributed by atoms with van der Waals surface area (Å²) in [4.78, 5) is 19.0. The molecule has 1 amide bonds. The minimum absolute atomic E-state index is 0.0632. The zero-order valence-corrected chi connectivity index (χ0v) is 13.8. The van der Waals surface area contributed by atoms with Crippen molar-refractivity contribution in [2.75, 3.05) is 13.1 Å². The van der Waals surface area contributed by atoms with Gasteiger partial charge in [-0.1, -0.05) is 0 Å². The highest BCUT2D eigenvalue weighted by Gasteiger charge is 2.29. The molecule has 2 aromatic rings. The van der Waals surface area contributed by atoms with Gasteiger partial charge in [-0.05, 0) is 42.5 Å². The Morgan fingerprint density at radius 1 is 1.17 bits per heavy atom. The van der Waals surface area contributed by atoms with Gasteiger partial charge < -0.3 is 5.32 Å². The van der Waals surface area contributed by atoms with Gasteiger partial charge in [-0.2, -0.15) is 5.10 Å². The van der Waals surface area contributed by atoms with E-state index in [1.54, 1.807) is 0 Å². The topological polar surface area (TPSA) is 63.1 Å². The summed E-state index contributed by atoms with van der Waals surface area (Å²) in [6.45, 7) is 3.87. The van der Waals surface area contributed by atoms with E-state index in [4.69, 9.17) is 0 Å². The van der Waals surface area contributed by atoms with Gasteiger partial charge in [0.25, 0.3) is 0 Å². The summed E-state index contributed by atoms with van der Waals surface area (Å²) < 4.78 is 1.98. The van der Waals surface area contributed by atoms with Crippen LogP contribution in [0.4, 0.5) is 0 Å². The zero-order valence-electron chi connectivity index (χ0n) is 13.8. The predicted octanol–water partition coefficient (Wildman–Crippen LogP) is 1.44. The second-order valence-corrected chi connectivity index (χ2v) is 6.92. The van der Waals surface area contributed by atoms with Crippen molar-refractivity contribution < 1.29 is 4.79 Å². The first-order chi connectivity index (χ1) is 11.8. The number of carbonyl (C=O) groups excluding carboxylic acids is 1. The van der Waals surface area contributed by atoms with Crippen molar-refractivity contribution in [2.45, 2.75) is 32.5 Å². The van der Waals surface area contributed by atoms with Gasteiger partial charge in [0.15, 0.2) is 0 Å². The van der Waals surface area contributed by atoms with Crippen LogP contribution in [-0.2, 0) is 24.4 Å². The molecule has 1 N–H and O–H groups in total. The summed E-state index contributed by atoms with van der Waals surface area (Å²) in [5.74, 6) is 0.796. The Morgan fingerprint density at radius 2 is 2.00 bits per heavy atom. The molecule has 1 atom stereocenters. The van der Waals surface area contributed by atoms with Crippen molar-refractivity contribution in [1.82, 2.24) is 25.0 Å². The molecule has 4 rings (SSSR count). The quantitative estimate of drug-likeness (QED) is 0.903. The lowest BCUT2D eigenvalue weighted by Crippen LogP contribution is -2.39. The monoisotopic (exact) mass is 325 g/mol. The Kier molecular flexibility index (Phi) is 4.30. The summed E-state index contributed by atoms with van der Waals surface area (Å²) in [6, 6.07) is 6.11. The third-order valence-corrected chi connectivity index (χ3v) is 4.85. The van der Waals surface area contributed by atoms with Crippen molar-refractivity contribution in [2.24, 2.45) is 11.8 Å². The average Bonchev–Trinajstić information content (AvgIpc) is 3.36. The van der Waals surface area contributed by atoms with Crippen LogP contribution in [0.3, 0.4) is 0 Å². The molecule has 126 valence electrons. The number of carbonyl (C=O) groups is 1. The normalized spacial score (nSPS) is 21.1. The smallest absolute Gasteiger partial charge is 0.226 e. The first-order valence-corrected chi connectivity index (χ1v) is 8.67. The maximum atomic E-state index is 12.6. The molecule has 0 radical (unpaired) electrons. The molecular formula is C18H23N5O. The Bertz CT molecular complexity index is 694. The van der Waals surface area contributed by atoms with E-state index < -0.39 is 0 Å². The molecule has 3 heterocycles. The summed E-state index contributed by atoms with van der Waals surface area (Å²) in [5.41, 5.74) is 2.39. The fourth-order valence-corrected chi connectivity index (χ4v) is 3.27. The highest BCUT2D eigenvalue weighted by molar-refractivity contribution is 5.78. The van der Waals surface area contributed by atoms with Crippen LogP contribution in [0, 0.1) is 11.8 Å². The van der Waals surface area contributed by atoms with Crippen molar-refractivity contribution in [1.29, 1.82) is 0 Å². The van der Waals surface area contributed by atoms with Gasteiger partial charge >= 0.3 is 0 Å². The molecule has 1 aliphatic carbocycles. The molecule has 2 aromatic heterocycles. The zero-order chi connectivity index (χ0) is 16.4. The highest BCUT2D eigenvalue weighted by atomic mass is 16.1. The van der Waals surface area contributed by atoms with E-state index in [0.29, 0.717) is 12.5 Å². The Hall–Kier alpha value is -2.21. The first-order valence-electron chi connectivity index (χ1n) is 8.67. The van der Waals surface area contributed by atoms with Gasteiger partial charge in [-0.25, -0.2) is 0 Å². The first kappa shape index (κ1) is 15.3. The van der Waals surface area contributed by atoms with Crippen LogP contribution < -0.4 is 5.32 Å². The van der Waals surface area contributed by atoms with Gasteiger partial charge in [-0.15, -0.1) is 0 Å². The Balaban J connectivity index is 1.48. The average molecular weight is 325 g/mol. The number of pyridine rings is 1. The molecular weight excluding hydrogens is 302 g/mol. The summed E-state index contributed by atoms with van der Waals surface area (Å²) in [5, 5.41) is 7.53. The lowest BCUT2D eigenvalue weighted by Gasteiger charge is -2.23. The van der Waals surface area contributed by atoms with Crippen LogP contribution in [0.25, 0.3) is 0 Å². The second-order valence-electron chi connectivity index (χ2n) is 6.92. The third kappa shape index (κ3) is 3.64. The van der Waals surface area contributed by atoms with Crippen LogP contribution in [0.2, 0.25) is 0 Å². The van der Waals surface area contributed by atoms with Gasteiger partial charge in [0.05, 0.1) is 18.2 Å². The van der Waals surface area contributed by atoms with Crippen molar-refractivity contribution in [3.63, 3.8) is 0 Å². The van der Waals surface area contributed by atoms with Crippen LogP contribution in [-0.4, -0.2) is 38.7 Å². The van der Waals surface area contributed by atoms with Crippen LogP contribution in [0.1, 0.15) is 24.1 Å². The molecule has 0 aromatic carbocycles. The number of nitrogens with zero attached hydrogens (tertiary/aromatic N) is 4. The standard InChI is InChI=1S/C18H23N5O/c24-18(20-9-14-1-2-14)16-11-22(10-15-3-6-19-7-4-15)13-17-5-8-21-23(17)12-16/h3-8,14,16H,1-2,9-13H2,(H,20,24). The molecule has 6 heteroatoms. The predicted molar refractivity (Wildman–Crippen MR) is 89.8 cm³/mol. The molecule has 6 nitrogen and oxygen atoms in total.